The molecule has 0 spiro atoms. The number of halogens is 1. The summed E-state index contributed by atoms with van der Waals surface area (Å²) in [5, 5.41) is 5.11. The number of fused-ring (bicyclic) bond motifs is 1. The Morgan fingerprint density at radius 1 is 1.12 bits per heavy atom. The molecule has 9 heteroatoms. The predicted octanol–water partition coefficient (Wildman–Crippen LogP) is 4.79. The largest absolute Gasteiger partial charge is 0.497 e. The van der Waals surface area contributed by atoms with E-state index in [1.807, 2.05) is 37.3 Å². The van der Waals surface area contributed by atoms with Crippen LogP contribution in [0.2, 0.25) is 0 Å². The van der Waals surface area contributed by atoms with E-state index in [9.17, 15) is 9.59 Å². The lowest BCUT2D eigenvalue weighted by Gasteiger charge is -2.13. The van der Waals surface area contributed by atoms with Crippen molar-refractivity contribution in [1.82, 2.24) is 15.0 Å². The number of amides is 1. The molecule has 3 aromatic carbocycles. The number of hydrogen-bond acceptors (Lipinski definition) is 6. The second-order valence-corrected chi connectivity index (χ2v) is 9.14. The summed E-state index contributed by atoms with van der Waals surface area (Å²) in [5.74, 6) is 0.414. The number of hydrogen-bond donors (Lipinski definition) is 1. The van der Waals surface area contributed by atoms with Crippen molar-refractivity contribution in [3.8, 4) is 11.4 Å². The Hall–Kier alpha value is -3.43. The van der Waals surface area contributed by atoms with Crippen LogP contribution < -0.4 is 15.7 Å². The van der Waals surface area contributed by atoms with Crippen LogP contribution in [-0.4, -0.2) is 34.0 Å². The van der Waals surface area contributed by atoms with Crippen molar-refractivity contribution in [1.29, 1.82) is 0 Å². The molecule has 34 heavy (non-hydrogen) atoms. The van der Waals surface area contributed by atoms with E-state index >= 15 is 0 Å². The number of rotatable bonds is 7. The van der Waals surface area contributed by atoms with Gasteiger partial charge in [-0.1, -0.05) is 52.0 Å². The Labute approximate surface area is 209 Å². The van der Waals surface area contributed by atoms with Crippen LogP contribution in [0.15, 0.2) is 92.3 Å². The van der Waals surface area contributed by atoms with Gasteiger partial charge in [-0.05, 0) is 61.0 Å². The SMILES string of the molecule is COc1ccc(-n2c(SCC(=O)N/N=C(/C)c3cccc(Br)c3)nc3ccccc3c2=O)cc1. The third-order valence-corrected chi connectivity index (χ3v) is 6.43. The van der Waals surface area contributed by atoms with Crippen molar-refractivity contribution in [2.75, 3.05) is 12.9 Å². The minimum atomic E-state index is -0.303. The van der Waals surface area contributed by atoms with E-state index in [4.69, 9.17) is 4.74 Å². The van der Waals surface area contributed by atoms with Crippen LogP contribution in [-0.2, 0) is 4.79 Å². The van der Waals surface area contributed by atoms with Crippen molar-refractivity contribution >= 4 is 50.2 Å². The molecule has 1 N–H and O–H groups in total. The molecule has 4 rings (SSSR count). The monoisotopic (exact) mass is 536 g/mol. The summed E-state index contributed by atoms with van der Waals surface area (Å²) in [6, 6.07) is 21.9. The second kappa shape index (κ2) is 10.7. The fourth-order valence-corrected chi connectivity index (χ4v) is 4.46. The first-order valence-corrected chi connectivity index (χ1v) is 12.1. The molecule has 0 bridgehead atoms. The van der Waals surface area contributed by atoms with E-state index in [0.29, 0.717) is 33.2 Å². The van der Waals surface area contributed by atoms with Crippen molar-refractivity contribution in [2.24, 2.45) is 5.10 Å². The Morgan fingerprint density at radius 2 is 1.88 bits per heavy atom. The Kier molecular flexibility index (Phi) is 7.44. The van der Waals surface area contributed by atoms with Gasteiger partial charge in [0.2, 0.25) is 0 Å². The first-order chi connectivity index (χ1) is 16.5. The molecule has 0 fully saturated rings. The van der Waals surface area contributed by atoms with Gasteiger partial charge in [-0.15, -0.1) is 0 Å². The quantitative estimate of drug-likeness (QED) is 0.159. The maximum atomic E-state index is 13.3. The lowest BCUT2D eigenvalue weighted by molar-refractivity contribution is -0.118. The third kappa shape index (κ3) is 5.37. The molecule has 172 valence electrons. The maximum absolute atomic E-state index is 13.3. The Morgan fingerprint density at radius 3 is 2.62 bits per heavy atom. The summed E-state index contributed by atoms with van der Waals surface area (Å²) in [6.45, 7) is 1.82. The zero-order chi connectivity index (χ0) is 24.1. The van der Waals surface area contributed by atoms with Gasteiger partial charge in [-0.3, -0.25) is 14.2 Å². The minimum Gasteiger partial charge on any atom is -0.497 e. The highest BCUT2D eigenvalue weighted by molar-refractivity contribution is 9.10. The smallest absolute Gasteiger partial charge is 0.266 e. The molecule has 1 aromatic heterocycles. The number of hydrazone groups is 1. The van der Waals surface area contributed by atoms with E-state index < -0.39 is 0 Å². The summed E-state index contributed by atoms with van der Waals surface area (Å²) in [6.07, 6.45) is 0. The molecule has 1 amide bonds. The van der Waals surface area contributed by atoms with Crippen molar-refractivity contribution in [3.63, 3.8) is 0 Å². The number of nitrogens with zero attached hydrogens (tertiary/aromatic N) is 3. The van der Waals surface area contributed by atoms with Gasteiger partial charge in [-0.2, -0.15) is 5.10 Å². The molecule has 0 aliphatic heterocycles. The molecular formula is C25H21BrN4O3S. The number of thioether (sulfide) groups is 1. The molecule has 0 radical (unpaired) electrons. The summed E-state index contributed by atoms with van der Waals surface area (Å²) in [7, 11) is 1.58. The number of aromatic nitrogens is 2. The number of para-hydroxylation sites is 1. The molecule has 7 nitrogen and oxygen atoms in total. The highest BCUT2D eigenvalue weighted by Crippen LogP contribution is 2.22. The maximum Gasteiger partial charge on any atom is 0.266 e. The Bertz CT molecular complexity index is 1430. The molecule has 0 saturated carbocycles. The van der Waals surface area contributed by atoms with Crippen LogP contribution in [0.25, 0.3) is 16.6 Å². The standard InChI is InChI=1S/C25H21BrN4O3S/c1-16(17-6-5-7-18(26)14-17)28-29-23(31)15-34-25-27-22-9-4-3-8-21(22)24(32)30(25)19-10-12-20(33-2)13-11-19/h3-14H,15H2,1-2H3,(H,29,31)/b28-16-. The van der Waals surface area contributed by atoms with Crippen LogP contribution in [0.5, 0.6) is 5.75 Å². The van der Waals surface area contributed by atoms with Gasteiger partial charge in [0.25, 0.3) is 11.5 Å². The molecular weight excluding hydrogens is 516 g/mol. The summed E-state index contributed by atoms with van der Waals surface area (Å²) >= 11 is 4.60. The van der Waals surface area contributed by atoms with Gasteiger partial charge in [0, 0.05) is 4.47 Å². The van der Waals surface area contributed by atoms with E-state index in [2.05, 4.69) is 31.4 Å². The second-order valence-electron chi connectivity index (χ2n) is 7.28. The number of benzene rings is 3. The first kappa shape index (κ1) is 23.7. The summed E-state index contributed by atoms with van der Waals surface area (Å²) < 4.78 is 7.66. The van der Waals surface area contributed by atoms with Crippen molar-refractivity contribution in [2.45, 2.75) is 12.1 Å². The molecule has 0 aliphatic carbocycles. The van der Waals surface area contributed by atoms with E-state index in [-0.39, 0.29) is 17.2 Å². The van der Waals surface area contributed by atoms with Gasteiger partial charge >= 0.3 is 0 Å². The lowest BCUT2D eigenvalue weighted by atomic mass is 10.1. The predicted molar refractivity (Wildman–Crippen MR) is 139 cm³/mol. The van der Waals surface area contributed by atoms with Crippen LogP contribution in [0.4, 0.5) is 0 Å². The van der Waals surface area contributed by atoms with Crippen LogP contribution in [0.1, 0.15) is 12.5 Å². The molecule has 0 aliphatic rings. The van der Waals surface area contributed by atoms with Crippen molar-refractivity contribution in [3.05, 3.63) is 93.2 Å². The van der Waals surface area contributed by atoms with Gasteiger partial charge in [0.05, 0.1) is 35.2 Å². The molecule has 0 atom stereocenters. The topological polar surface area (TPSA) is 85.6 Å². The average molecular weight is 537 g/mol. The zero-order valence-corrected chi connectivity index (χ0v) is 20.9. The van der Waals surface area contributed by atoms with Crippen LogP contribution >= 0.6 is 27.7 Å². The third-order valence-electron chi connectivity index (χ3n) is 5.00. The highest BCUT2D eigenvalue weighted by atomic mass is 79.9. The number of carbonyl (C=O) groups excluding carboxylic acids is 1. The van der Waals surface area contributed by atoms with Crippen molar-refractivity contribution < 1.29 is 9.53 Å². The number of ether oxygens (including phenoxy) is 1. The van der Waals surface area contributed by atoms with E-state index in [0.717, 1.165) is 10.0 Å². The lowest BCUT2D eigenvalue weighted by Crippen LogP contribution is -2.24. The highest BCUT2D eigenvalue weighted by Gasteiger charge is 2.15. The normalized spacial score (nSPS) is 11.4. The number of nitrogens with one attached hydrogen (secondary N) is 1. The number of carbonyl (C=O) groups is 1. The molecule has 4 aromatic rings. The summed E-state index contributed by atoms with van der Waals surface area (Å²) in [5.41, 5.74) is 5.15. The first-order valence-electron chi connectivity index (χ1n) is 10.3. The van der Waals surface area contributed by atoms with Crippen LogP contribution in [0, 0.1) is 0 Å². The molecule has 1 heterocycles. The molecule has 0 unspecified atom stereocenters. The number of methoxy groups -OCH3 is 1. The van der Waals surface area contributed by atoms with E-state index in [1.165, 1.54) is 16.3 Å². The van der Waals surface area contributed by atoms with Gasteiger partial charge in [0.1, 0.15) is 5.75 Å². The van der Waals surface area contributed by atoms with E-state index in [1.54, 1.807) is 49.6 Å². The van der Waals surface area contributed by atoms with Gasteiger partial charge in [-0.25, -0.2) is 10.4 Å². The zero-order valence-electron chi connectivity index (χ0n) is 18.5. The van der Waals surface area contributed by atoms with Crippen LogP contribution in [0.3, 0.4) is 0 Å². The minimum absolute atomic E-state index is 0.0379. The molecule has 0 saturated heterocycles. The fraction of sp³-hybridized carbons (Fsp3) is 0.120. The average Bonchev–Trinajstić information content (AvgIpc) is 2.86. The Balaban J connectivity index is 1.59. The van der Waals surface area contributed by atoms with Gasteiger partial charge in [0.15, 0.2) is 5.16 Å². The summed E-state index contributed by atoms with van der Waals surface area (Å²) in [4.78, 5) is 30.5. The fourth-order valence-electron chi connectivity index (χ4n) is 3.25. The van der Waals surface area contributed by atoms with Gasteiger partial charge < -0.3 is 4.74 Å².